The van der Waals surface area contributed by atoms with E-state index in [0.717, 1.165) is 5.46 Å². The van der Waals surface area contributed by atoms with Gasteiger partial charge in [-0.25, -0.2) is 9.78 Å². The van der Waals surface area contributed by atoms with Gasteiger partial charge in [0.15, 0.2) is 0 Å². The third-order valence-electron chi connectivity index (χ3n) is 4.43. The number of hydrogen-bond donors (Lipinski definition) is 0. The number of carbonyl (C=O) groups excluding carboxylic acids is 1. The Morgan fingerprint density at radius 1 is 1.22 bits per heavy atom. The lowest BCUT2D eigenvalue weighted by Crippen LogP contribution is -2.41. The number of hydrogen-bond acceptors (Lipinski definition) is 5. The minimum absolute atomic E-state index is 0.0577. The van der Waals surface area contributed by atoms with Crippen LogP contribution in [0.4, 0.5) is 10.6 Å². The number of aromatic nitrogens is 1. The molecular formula is C16H25BN2O4. The zero-order valence-electron chi connectivity index (χ0n) is 14.9. The van der Waals surface area contributed by atoms with Crippen molar-refractivity contribution in [2.75, 3.05) is 12.0 Å². The topological polar surface area (TPSA) is 60.9 Å². The first-order valence-electron chi connectivity index (χ1n) is 7.78. The summed E-state index contributed by atoms with van der Waals surface area (Å²) in [6.45, 7) is 11.8. The molecule has 1 amide bonds. The molecule has 6 nitrogen and oxygen atoms in total. The highest BCUT2D eigenvalue weighted by Crippen LogP contribution is 2.36. The number of ether oxygens (including phenoxy) is 1. The summed E-state index contributed by atoms with van der Waals surface area (Å²) in [6, 6.07) is 3.58. The van der Waals surface area contributed by atoms with Crippen molar-refractivity contribution in [1.29, 1.82) is 0 Å². The van der Waals surface area contributed by atoms with E-state index < -0.39 is 24.4 Å². The standard InChI is InChI=1S/C16H25BN2O4/c1-11(2)19(14(20)21-7)13-9-8-12(10-18-13)17-22-15(3,4)16(5,6)23-17/h8-11H,1-7H3. The zero-order valence-corrected chi connectivity index (χ0v) is 14.9. The number of carbonyl (C=O) groups is 1. The van der Waals surface area contributed by atoms with Crippen molar-refractivity contribution in [3.05, 3.63) is 18.3 Å². The molecule has 0 N–H and O–H groups in total. The maximum atomic E-state index is 11.9. The number of anilines is 1. The Kier molecular flexibility index (Phi) is 4.73. The maximum absolute atomic E-state index is 11.9. The van der Waals surface area contributed by atoms with E-state index in [9.17, 15) is 4.79 Å². The van der Waals surface area contributed by atoms with Crippen LogP contribution in [0.15, 0.2) is 18.3 Å². The molecule has 1 aromatic rings. The number of nitrogens with zero attached hydrogens (tertiary/aromatic N) is 2. The van der Waals surface area contributed by atoms with Crippen molar-refractivity contribution in [3.8, 4) is 0 Å². The molecule has 1 aliphatic heterocycles. The Bertz CT molecular complexity index is 556. The van der Waals surface area contributed by atoms with Crippen LogP contribution in [0, 0.1) is 0 Å². The van der Waals surface area contributed by atoms with Crippen LogP contribution in [0.2, 0.25) is 0 Å². The quantitative estimate of drug-likeness (QED) is 0.800. The van der Waals surface area contributed by atoms with Gasteiger partial charge in [-0.2, -0.15) is 0 Å². The number of methoxy groups -OCH3 is 1. The molecule has 0 unspecified atom stereocenters. The predicted octanol–water partition coefficient (Wildman–Crippen LogP) is 2.36. The van der Waals surface area contributed by atoms with E-state index in [1.807, 2.05) is 47.6 Å². The summed E-state index contributed by atoms with van der Waals surface area (Å²) in [7, 11) is 0.892. The molecule has 0 aromatic carbocycles. The van der Waals surface area contributed by atoms with Gasteiger partial charge < -0.3 is 14.0 Å². The van der Waals surface area contributed by atoms with Gasteiger partial charge in [0.05, 0.1) is 18.3 Å². The highest BCUT2D eigenvalue weighted by Gasteiger charge is 2.51. The predicted molar refractivity (Wildman–Crippen MR) is 90.0 cm³/mol. The monoisotopic (exact) mass is 320 g/mol. The van der Waals surface area contributed by atoms with Crippen molar-refractivity contribution >= 4 is 24.5 Å². The molecular weight excluding hydrogens is 295 g/mol. The minimum atomic E-state index is -0.466. The average Bonchev–Trinajstić information content (AvgIpc) is 2.67. The van der Waals surface area contributed by atoms with Gasteiger partial charge >= 0.3 is 13.2 Å². The van der Waals surface area contributed by atoms with Crippen LogP contribution < -0.4 is 10.4 Å². The van der Waals surface area contributed by atoms with E-state index in [2.05, 4.69) is 4.98 Å². The van der Waals surface area contributed by atoms with E-state index >= 15 is 0 Å². The smallest absolute Gasteiger partial charge is 0.452 e. The van der Waals surface area contributed by atoms with Gasteiger partial charge in [0.25, 0.3) is 0 Å². The van der Waals surface area contributed by atoms with Gasteiger partial charge in [0, 0.05) is 17.7 Å². The maximum Gasteiger partial charge on any atom is 0.496 e. The number of rotatable bonds is 3. The van der Waals surface area contributed by atoms with Crippen LogP contribution in [0.25, 0.3) is 0 Å². The van der Waals surface area contributed by atoms with Crippen LogP contribution in [0.3, 0.4) is 0 Å². The molecule has 1 aromatic heterocycles. The van der Waals surface area contributed by atoms with E-state index in [1.54, 1.807) is 12.3 Å². The van der Waals surface area contributed by atoms with E-state index in [4.69, 9.17) is 14.0 Å². The SMILES string of the molecule is COC(=O)N(c1ccc(B2OC(C)(C)C(C)(C)O2)cn1)C(C)C. The molecule has 126 valence electrons. The van der Waals surface area contributed by atoms with Crippen LogP contribution in [-0.4, -0.2) is 42.5 Å². The van der Waals surface area contributed by atoms with E-state index in [1.165, 1.54) is 12.0 Å². The van der Waals surface area contributed by atoms with E-state index in [0.29, 0.717) is 5.82 Å². The summed E-state index contributed by atoms with van der Waals surface area (Å²) in [5.74, 6) is 0.534. The molecule has 1 fully saturated rings. The molecule has 0 radical (unpaired) electrons. The van der Waals surface area contributed by atoms with Gasteiger partial charge in [-0.3, -0.25) is 4.90 Å². The largest absolute Gasteiger partial charge is 0.496 e. The molecule has 23 heavy (non-hydrogen) atoms. The summed E-state index contributed by atoms with van der Waals surface area (Å²) in [4.78, 5) is 17.7. The Morgan fingerprint density at radius 2 is 1.78 bits per heavy atom. The molecule has 0 spiro atoms. The van der Waals surface area contributed by atoms with Gasteiger partial charge in [0.1, 0.15) is 5.82 Å². The number of pyridine rings is 1. The van der Waals surface area contributed by atoms with Crippen molar-refractivity contribution in [2.24, 2.45) is 0 Å². The van der Waals surface area contributed by atoms with Crippen LogP contribution >= 0.6 is 0 Å². The summed E-state index contributed by atoms with van der Waals surface area (Å²) in [6.07, 6.45) is 1.24. The fourth-order valence-electron chi connectivity index (χ4n) is 2.33. The highest BCUT2D eigenvalue weighted by atomic mass is 16.7. The summed E-state index contributed by atoms with van der Waals surface area (Å²) in [5, 5.41) is 0. The van der Waals surface area contributed by atoms with Gasteiger partial charge in [-0.15, -0.1) is 0 Å². The van der Waals surface area contributed by atoms with E-state index in [-0.39, 0.29) is 6.04 Å². The van der Waals surface area contributed by atoms with Crippen LogP contribution in [-0.2, 0) is 14.0 Å². The second-order valence-corrected chi connectivity index (χ2v) is 6.97. The normalized spacial score (nSPS) is 19.0. The Balaban J connectivity index is 2.22. The third-order valence-corrected chi connectivity index (χ3v) is 4.43. The molecule has 7 heteroatoms. The average molecular weight is 320 g/mol. The first kappa shape index (κ1) is 17.8. The first-order valence-corrected chi connectivity index (χ1v) is 7.78. The van der Waals surface area contributed by atoms with Crippen molar-refractivity contribution in [1.82, 2.24) is 4.98 Å². The molecule has 0 bridgehead atoms. The highest BCUT2D eigenvalue weighted by molar-refractivity contribution is 6.62. The number of amides is 1. The van der Waals surface area contributed by atoms with Gasteiger partial charge in [-0.05, 0) is 47.6 Å². The Labute approximate surface area is 138 Å². The molecule has 2 heterocycles. The third kappa shape index (κ3) is 3.35. The Morgan fingerprint density at radius 3 is 2.17 bits per heavy atom. The second-order valence-electron chi connectivity index (χ2n) is 6.97. The van der Waals surface area contributed by atoms with Gasteiger partial charge in [0.2, 0.25) is 0 Å². The van der Waals surface area contributed by atoms with Crippen molar-refractivity contribution in [2.45, 2.75) is 58.8 Å². The molecule has 1 saturated heterocycles. The fourth-order valence-corrected chi connectivity index (χ4v) is 2.33. The zero-order chi connectivity index (χ0) is 17.4. The molecule has 1 aliphatic rings. The lowest BCUT2D eigenvalue weighted by molar-refractivity contribution is 0.00578. The summed E-state index contributed by atoms with van der Waals surface area (Å²) < 4.78 is 16.8. The van der Waals surface area contributed by atoms with Crippen LogP contribution in [0.5, 0.6) is 0 Å². The Hall–Kier alpha value is -1.60. The van der Waals surface area contributed by atoms with Crippen molar-refractivity contribution < 1.29 is 18.8 Å². The summed E-state index contributed by atoms with van der Waals surface area (Å²) >= 11 is 0. The first-order chi connectivity index (χ1) is 10.6. The lowest BCUT2D eigenvalue weighted by atomic mass is 9.80. The molecule has 0 atom stereocenters. The van der Waals surface area contributed by atoms with Crippen molar-refractivity contribution in [3.63, 3.8) is 0 Å². The lowest BCUT2D eigenvalue weighted by Gasteiger charge is -2.32. The summed E-state index contributed by atoms with van der Waals surface area (Å²) in [5.41, 5.74) is 0.0273. The van der Waals surface area contributed by atoms with Gasteiger partial charge in [-0.1, -0.05) is 6.07 Å². The molecule has 0 aliphatic carbocycles. The minimum Gasteiger partial charge on any atom is -0.452 e. The molecule has 2 rings (SSSR count). The molecule has 0 saturated carbocycles. The van der Waals surface area contributed by atoms with Crippen LogP contribution in [0.1, 0.15) is 41.5 Å². The fraction of sp³-hybridized carbons (Fsp3) is 0.625. The second kappa shape index (κ2) is 6.13.